The second-order valence-corrected chi connectivity index (χ2v) is 6.60. The minimum atomic E-state index is -0.169. The summed E-state index contributed by atoms with van der Waals surface area (Å²) >= 11 is 0. The largest absolute Gasteiger partial charge is 0.339 e. The second kappa shape index (κ2) is 6.46. The fourth-order valence-corrected chi connectivity index (χ4v) is 2.54. The maximum absolute atomic E-state index is 12.5. The summed E-state index contributed by atoms with van der Waals surface area (Å²) in [7, 11) is 1.80. The lowest BCUT2D eigenvalue weighted by atomic mass is 10.1. The van der Waals surface area contributed by atoms with Crippen LogP contribution in [0.4, 0.5) is 0 Å². The van der Waals surface area contributed by atoms with Crippen LogP contribution in [0.5, 0.6) is 0 Å². The molecule has 1 heterocycles. The average molecular weight is 290 g/mol. The lowest BCUT2D eigenvalue weighted by Gasteiger charge is -2.24. The zero-order chi connectivity index (χ0) is 15.6. The van der Waals surface area contributed by atoms with Crippen LogP contribution in [0.1, 0.15) is 50.4 Å². The van der Waals surface area contributed by atoms with Crippen molar-refractivity contribution in [1.82, 2.24) is 9.47 Å². The molecule has 21 heavy (non-hydrogen) atoms. The van der Waals surface area contributed by atoms with E-state index < -0.39 is 0 Å². The predicted octanol–water partition coefficient (Wildman–Crippen LogP) is 2.76. The third-order valence-electron chi connectivity index (χ3n) is 4.43. The van der Waals surface area contributed by atoms with Gasteiger partial charge in [0, 0.05) is 25.8 Å². The minimum Gasteiger partial charge on any atom is -0.339 e. The summed E-state index contributed by atoms with van der Waals surface area (Å²) in [5.74, 6) is 0.984. The van der Waals surface area contributed by atoms with Crippen LogP contribution in [0, 0.1) is 11.8 Å². The summed E-state index contributed by atoms with van der Waals surface area (Å²) in [5, 5.41) is 0. The molecule has 1 amide bonds. The van der Waals surface area contributed by atoms with Gasteiger partial charge in [-0.05, 0) is 50.2 Å². The quantitative estimate of drug-likeness (QED) is 0.808. The van der Waals surface area contributed by atoms with Crippen molar-refractivity contribution in [2.75, 3.05) is 7.05 Å². The molecular weight excluding hydrogens is 264 g/mol. The summed E-state index contributed by atoms with van der Waals surface area (Å²) in [5.41, 5.74) is 0.120. The SMILES string of the molecule is CC(C)CCn1cccc(C(=O)N(C)[C@@H](C)C2CC2)c1=O. The number of amides is 1. The van der Waals surface area contributed by atoms with Crippen LogP contribution in [0.25, 0.3) is 0 Å². The molecule has 1 fully saturated rings. The Morgan fingerprint density at radius 2 is 2.05 bits per heavy atom. The summed E-state index contributed by atoms with van der Waals surface area (Å²) in [6, 6.07) is 3.65. The normalized spacial score (nSPS) is 16.0. The molecule has 1 aromatic rings. The van der Waals surface area contributed by atoms with Gasteiger partial charge in [0.05, 0.1) is 0 Å². The number of carbonyl (C=O) groups excluding carboxylic acids is 1. The van der Waals surface area contributed by atoms with E-state index in [0.717, 1.165) is 6.42 Å². The molecule has 1 aliphatic rings. The van der Waals surface area contributed by atoms with Crippen molar-refractivity contribution in [2.45, 2.75) is 52.6 Å². The lowest BCUT2D eigenvalue weighted by molar-refractivity contribution is 0.0725. The van der Waals surface area contributed by atoms with Gasteiger partial charge in [-0.15, -0.1) is 0 Å². The van der Waals surface area contributed by atoms with Crippen LogP contribution in [-0.4, -0.2) is 28.5 Å². The minimum absolute atomic E-state index is 0.154. The molecule has 116 valence electrons. The van der Waals surface area contributed by atoms with E-state index in [1.54, 1.807) is 34.8 Å². The number of carbonyl (C=O) groups is 1. The van der Waals surface area contributed by atoms with Crippen molar-refractivity contribution in [3.63, 3.8) is 0 Å². The summed E-state index contributed by atoms with van der Waals surface area (Å²) in [4.78, 5) is 26.7. The van der Waals surface area contributed by atoms with Crippen molar-refractivity contribution >= 4 is 5.91 Å². The number of aromatic nitrogens is 1. The Labute approximate surface area is 126 Å². The molecule has 4 nitrogen and oxygen atoms in total. The fraction of sp³-hybridized carbons (Fsp3) is 0.647. The Bertz CT molecular complexity index is 558. The molecule has 1 aliphatic carbocycles. The highest BCUT2D eigenvalue weighted by Gasteiger charge is 2.33. The van der Waals surface area contributed by atoms with Crippen LogP contribution in [-0.2, 0) is 6.54 Å². The highest BCUT2D eigenvalue weighted by molar-refractivity contribution is 5.93. The van der Waals surface area contributed by atoms with Gasteiger partial charge in [0.25, 0.3) is 11.5 Å². The third kappa shape index (κ3) is 3.74. The molecule has 0 bridgehead atoms. The molecule has 0 aliphatic heterocycles. The van der Waals surface area contributed by atoms with Gasteiger partial charge in [-0.1, -0.05) is 13.8 Å². The number of pyridine rings is 1. The number of nitrogens with zero attached hydrogens (tertiary/aromatic N) is 2. The molecule has 1 aromatic heterocycles. The highest BCUT2D eigenvalue weighted by Crippen LogP contribution is 2.34. The lowest BCUT2D eigenvalue weighted by Crippen LogP contribution is -2.40. The van der Waals surface area contributed by atoms with E-state index in [0.29, 0.717) is 18.4 Å². The van der Waals surface area contributed by atoms with Crippen molar-refractivity contribution in [3.8, 4) is 0 Å². The van der Waals surface area contributed by atoms with Crippen molar-refractivity contribution in [3.05, 3.63) is 34.2 Å². The number of rotatable bonds is 6. The Morgan fingerprint density at radius 1 is 1.38 bits per heavy atom. The van der Waals surface area contributed by atoms with Gasteiger partial charge in [0.15, 0.2) is 0 Å². The van der Waals surface area contributed by atoms with E-state index in [9.17, 15) is 9.59 Å². The van der Waals surface area contributed by atoms with E-state index >= 15 is 0 Å². The number of hydrogen-bond acceptors (Lipinski definition) is 2. The summed E-state index contributed by atoms with van der Waals surface area (Å²) < 4.78 is 1.66. The Kier molecular flexibility index (Phi) is 4.86. The second-order valence-electron chi connectivity index (χ2n) is 6.60. The van der Waals surface area contributed by atoms with Gasteiger partial charge >= 0.3 is 0 Å². The number of aryl methyl sites for hydroxylation is 1. The smallest absolute Gasteiger partial charge is 0.263 e. The Hall–Kier alpha value is -1.58. The van der Waals surface area contributed by atoms with Crippen LogP contribution >= 0.6 is 0 Å². The van der Waals surface area contributed by atoms with Crippen LogP contribution < -0.4 is 5.56 Å². The maximum atomic E-state index is 12.5. The zero-order valence-corrected chi connectivity index (χ0v) is 13.5. The highest BCUT2D eigenvalue weighted by atomic mass is 16.2. The first-order valence-corrected chi connectivity index (χ1v) is 7.88. The molecule has 4 heteroatoms. The van der Waals surface area contributed by atoms with E-state index in [4.69, 9.17) is 0 Å². The summed E-state index contributed by atoms with van der Waals surface area (Å²) in [6.07, 6.45) is 5.08. The number of hydrogen-bond donors (Lipinski definition) is 0. The van der Waals surface area contributed by atoms with E-state index in [1.807, 2.05) is 0 Å². The molecular formula is C17H26N2O2. The van der Waals surface area contributed by atoms with Crippen molar-refractivity contribution < 1.29 is 4.79 Å². The maximum Gasteiger partial charge on any atom is 0.263 e. The molecule has 0 spiro atoms. The molecule has 1 atom stereocenters. The van der Waals surface area contributed by atoms with Gasteiger partial charge < -0.3 is 9.47 Å². The van der Waals surface area contributed by atoms with Crippen LogP contribution in [0.15, 0.2) is 23.1 Å². The molecule has 2 rings (SSSR count). The molecule has 0 aromatic carbocycles. The Balaban J connectivity index is 2.17. The van der Waals surface area contributed by atoms with Gasteiger partial charge in [0.1, 0.15) is 5.56 Å². The molecule has 0 radical (unpaired) electrons. The first-order chi connectivity index (χ1) is 9.91. The Morgan fingerprint density at radius 3 is 2.62 bits per heavy atom. The van der Waals surface area contributed by atoms with Gasteiger partial charge in [0.2, 0.25) is 0 Å². The van der Waals surface area contributed by atoms with Crippen molar-refractivity contribution in [2.24, 2.45) is 11.8 Å². The predicted molar refractivity (Wildman–Crippen MR) is 84.4 cm³/mol. The van der Waals surface area contributed by atoms with E-state index in [2.05, 4.69) is 20.8 Å². The van der Waals surface area contributed by atoms with Gasteiger partial charge in [-0.25, -0.2) is 0 Å². The van der Waals surface area contributed by atoms with Gasteiger partial charge in [-0.2, -0.15) is 0 Å². The molecule has 1 saturated carbocycles. The third-order valence-corrected chi connectivity index (χ3v) is 4.43. The molecule has 0 N–H and O–H groups in total. The van der Waals surface area contributed by atoms with E-state index in [1.165, 1.54) is 12.8 Å². The van der Waals surface area contributed by atoms with Gasteiger partial charge in [-0.3, -0.25) is 9.59 Å². The first-order valence-electron chi connectivity index (χ1n) is 7.88. The first kappa shape index (κ1) is 15.8. The molecule has 0 unspecified atom stereocenters. The standard InChI is InChI=1S/C17H26N2O2/c1-12(2)9-11-19-10-5-6-15(17(19)21)16(20)18(4)13(3)14-7-8-14/h5-6,10,12-14H,7-9,11H2,1-4H3/t13-/m0/s1. The van der Waals surface area contributed by atoms with Crippen LogP contribution in [0.3, 0.4) is 0 Å². The zero-order valence-electron chi connectivity index (χ0n) is 13.5. The molecule has 0 saturated heterocycles. The van der Waals surface area contributed by atoms with Crippen molar-refractivity contribution in [1.29, 1.82) is 0 Å². The average Bonchev–Trinajstić information content (AvgIpc) is 3.28. The monoisotopic (exact) mass is 290 g/mol. The summed E-state index contributed by atoms with van der Waals surface area (Å²) in [6.45, 7) is 6.99. The van der Waals surface area contributed by atoms with E-state index in [-0.39, 0.29) is 23.1 Å². The topological polar surface area (TPSA) is 42.3 Å². The van der Waals surface area contributed by atoms with Crippen LogP contribution in [0.2, 0.25) is 0 Å². The fourth-order valence-electron chi connectivity index (χ4n) is 2.54.